The summed E-state index contributed by atoms with van der Waals surface area (Å²) in [6.07, 6.45) is -5.20. The van der Waals surface area contributed by atoms with Gasteiger partial charge >= 0.3 is 0 Å². The Hall–Kier alpha value is -2.01. The van der Waals surface area contributed by atoms with E-state index in [1.807, 2.05) is 0 Å². The lowest BCUT2D eigenvalue weighted by molar-refractivity contribution is -0.329. The van der Waals surface area contributed by atoms with Gasteiger partial charge < -0.3 is 40.5 Å². The molecule has 1 heterocycles. The summed E-state index contributed by atoms with van der Waals surface area (Å²) in [6, 6.07) is 3.70. The lowest BCUT2D eigenvalue weighted by Gasteiger charge is -2.43. The zero-order valence-corrected chi connectivity index (χ0v) is 12.4. The molecule has 9 heteroatoms. The Labute approximate surface area is 136 Å². The molecule has 0 aromatic heterocycles. The average Bonchev–Trinajstić information content (AvgIpc) is 2.57. The van der Waals surface area contributed by atoms with Crippen molar-refractivity contribution in [2.45, 2.75) is 30.2 Å². The highest BCUT2D eigenvalue weighted by Gasteiger charge is 2.56. The Kier molecular flexibility index (Phi) is 5.23. The van der Waals surface area contributed by atoms with Crippen molar-refractivity contribution >= 4 is 11.9 Å². The highest BCUT2D eigenvalue weighted by molar-refractivity contribution is 5.99. The van der Waals surface area contributed by atoms with Crippen LogP contribution in [-0.2, 0) is 9.53 Å². The molecular formula is C15H18O9. The molecular weight excluding hydrogens is 324 g/mol. The van der Waals surface area contributed by atoms with E-state index in [1.54, 1.807) is 0 Å². The minimum atomic E-state index is -2.86. The quantitative estimate of drug-likeness (QED) is 0.238. The Morgan fingerprint density at radius 1 is 1.17 bits per heavy atom. The van der Waals surface area contributed by atoms with Crippen molar-refractivity contribution in [1.29, 1.82) is 0 Å². The molecule has 1 aromatic rings. The second kappa shape index (κ2) is 6.85. The number of carbonyl (C=O) groups is 1. The van der Waals surface area contributed by atoms with Crippen LogP contribution in [0.1, 0.15) is 5.56 Å². The van der Waals surface area contributed by atoms with Crippen molar-refractivity contribution in [3.8, 4) is 11.5 Å². The molecule has 0 spiro atoms. The number of aliphatic hydroxyl groups excluding tert-OH is 4. The van der Waals surface area contributed by atoms with E-state index in [0.717, 1.165) is 12.1 Å². The molecule has 1 aliphatic heterocycles. The van der Waals surface area contributed by atoms with Gasteiger partial charge in [0.1, 0.15) is 24.4 Å². The number of aromatic hydroxyl groups is 2. The summed E-state index contributed by atoms with van der Waals surface area (Å²) >= 11 is 0. The molecule has 0 saturated carbocycles. The van der Waals surface area contributed by atoms with Crippen LogP contribution in [0.3, 0.4) is 0 Å². The smallest absolute Gasteiger partial charge is 0.260 e. The van der Waals surface area contributed by atoms with E-state index < -0.39 is 48.3 Å². The zero-order chi connectivity index (χ0) is 18.1. The van der Waals surface area contributed by atoms with Crippen molar-refractivity contribution in [3.05, 3.63) is 29.8 Å². The summed E-state index contributed by atoms with van der Waals surface area (Å²) in [5.74, 6) is -4.78. The van der Waals surface area contributed by atoms with Gasteiger partial charge in [0.15, 0.2) is 11.5 Å². The highest BCUT2D eigenvalue weighted by atomic mass is 16.7. The van der Waals surface area contributed by atoms with Crippen LogP contribution in [-0.4, -0.2) is 78.3 Å². The van der Waals surface area contributed by atoms with Crippen molar-refractivity contribution < 1.29 is 45.3 Å². The van der Waals surface area contributed by atoms with E-state index >= 15 is 0 Å². The summed E-state index contributed by atoms with van der Waals surface area (Å²) < 4.78 is 4.87. The lowest BCUT2D eigenvalue weighted by Crippen LogP contribution is -2.67. The number of aliphatic hydroxyl groups is 5. The Bertz CT molecular complexity index is 642. The lowest BCUT2D eigenvalue weighted by atomic mass is 9.90. The second-order valence-corrected chi connectivity index (χ2v) is 5.41. The molecule has 1 saturated heterocycles. The Morgan fingerprint density at radius 2 is 1.83 bits per heavy atom. The summed E-state index contributed by atoms with van der Waals surface area (Å²) in [4.78, 5) is 12.2. The van der Waals surface area contributed by atoms with Crippen molar-refractivity contribution in [1.82, 2.24) is 0 Å². The summed E-state index contributed by atoms with van der Waals surface area (Å²) in [5.41, 5.74) is 0.298. The number of hydrogen-bond acceptors (Lipinski definition) is 9. The van der Waals surface area contributed by atoms with E-state index in [9.17, 15) is 35.4 Å². The number of ketones is 1. The maximum absolute atomic E-state index is 12.2. The molecule has 0 bridgehead atoms. The van der Waals surface area contributed by atoms with Gasteiger partial charge in [0.2, 0.25) is 5.78 Å². The fraction of sp³-hybridized carbons (Fsp3) is 0.400. The average molecular weight is 342 g/mol. The topological polar surface area (TPSA) is 168 Å². The van der Waals surface area contributed by atoms with Crippen molar-refractivity contribution in [2.24, 2.45) is 0 Å². The maximum Gasteiger partial charge on any atom is 0.260 e. The fourth-order valence-electron chi connectivity index (χ4n) is 2.29. The molecule has 9 nitrogen and oxygen atoms in total. The van der Waals surface area contributed by atoms with Gasteiger partial charge in [-0.3, -0.25) is 4.79 Å². The summed E-state index contributed by atoms with van der Waals surface area (Å²) in [6.45, 7) is -0.796. The number of carbonyl (C=O) groups excluding carboxylic acids is 1. The van der Waals surface area contributed by atoms with Crippen LogP contribution in [0.5, 0.6) is 11.5 Å². The molecule has 1 fully saturated rings. The first-order valence-corrected chi connectivity index (χ1v) is 7.00. The number of phenolic OH excluding ortho intramolecular Hbond substituents is 2. The molecule has 5 unspecified atom stereocenters. The van der Waals surface area contributed by atoms with Crippen LogP contribution in [0, 0.1) is 0 Å². The minimum absolute atomic E-state index is 0.298. The first-order valence-electron chi connectivity index (χ1n) is 7.00. The van der Waals surface area contributed by atoms with Gasteiger partial charge in [-0.1, -0.05) is 12.1 Å². The molecule has 7 N–H and O–H groups in total. The summed E-state index contributed by atoms with van der Waals surface area (Å²) in [5, 5.41) is 67.0. The van der Waals surface area contributed by atoms with Crippen LogP contribution in [0.25, 0.3) is 6.08 Å². The van der Waals surface area contributed by atoms with E-state index in [0.29, 0.717) is 5.56 Å². The van der Waals surface area contributed by atoms with Gasteiger partial charge in [-0.15, -0.1) is 0 Å². The molecule has 0 radical (unpaired) electrons. The molecule has 1 aliphatic rings. The third-order valence-electron chi connectivity index (χ3n) is 3.75. The van der Waals surface area contributed by atoms with Gasteiger partial charge in [-0.05, 0) is 23.8 Å². The predicted octanol–water partition coefficient (Wildman–Crippen LogP) is -2.16. The SMILES string of the molecule is O=C(/C=C/c1ccc(O)c(O)c1)C1(O)OC(CO)C(O)C(O)C1O. The number of ether oxygens (including phenoxy) is 1. The van der Waals surface area contributed by atoms with Crippen LogP contribution < -0.4 is 0 Å². The molecule has 132 valence electrons. The van der Waals surface area contributed by atoms with Gasteiger partial charge in [-0.2, -0.15) is 0 Å². The normalized spacial score (nSPS) is 33.7. The first kappa shape index (κ1) is 18.3. The molecule has 24 heavy (non-hydrogen) atoms. The van der Waals surface area contributed by atoms with E-state index in [1.165, 1.54) is 18.2 Å². The monoisotopic (exact) mass is 342 g/mol. The zero-order valence-electron chi connectivity index (χ0n) is 12.4. The van der Waals surface area contributed by atoms with Gasteiger partial charge in [0, 0.05) is 0 Å². The third kappa shape index (κ3) is 3.26. The van der Waals surface area contributed by atoms with Crippen LogP contribution >= 0.6 is 0 Å². The van der Waals surface area contributed by atoms with E-state index in [2.05, 4.69) is 0 Å². The highest BCUT2D eigenvalue weighted by Crippen LogP contribution is 2.30. The molecule has 5 atom stereocenters. The van der Waals surface area contributed by atoms with E-state index in [-0.39, 0.29) is 5.75 Å². The molecule has 1 aromatic carbocycles. The van der Waals surface area contributed by atoms with Crippen molar-refractivity contribution in [2.75, 3.05) is 6.61 Å². The fourth-order valence-corrected chi connectivity index (χ4v) is 2.29. The maximum atomic E-state index is 12.2. The predicted molar refractivity (Wildman–Crippen MR) is 78.7 cm³/mol. The number of benzene rings is 1. The van der Waals surface area contributed by atoms with Gasteiger partial charge in [0.25, 0.3) is 5.79 Å². The first-order chi connectivity index (χ1) is 11.2. The third-order valence-corrected chi connectivity index (χ3v) is 3.75. The Balaban J connectivity index is 2.23. The van der Waals surface area contributed by atoms with Crippen LogP contribution in [0.2, 0.25) is 0 Å². The largest absolute Gasteiger partial charge is 0.504 e. The Morgan fingerprint density at radius 3 is 2.42 bits per heavy atom. The van der Waals surface area contributed by atoms with Crippen LogP contribution in [0.4, 0.5) is 0 Å². The standard InChI is InChI=1S/C15H18O9/c16-6-10-12(20)13(21)14(22)15(23,24-10)11(19)4-2-7-1-3-8(17)9(18)5-7/h1-5,10,12-14,16-18,20-23H,6H2/b4-2+. The van der Waals surface area contributed by atoms with Crippen LogP contribution in [0.15, 0.2) is 24.3 Å². The van der Waals surface area contributed by atoms with Gasteiger partial charge in [-0.25, -0.2) is 0 Å². The second-order valence-electron chi connectivity index (χ2n) is 5.41. The molecule has 0 amide bonds. The minimum Gasteiger partial charge on any atom is -0.504 e. The van der Waals surface area contributed by atoms with E-state index in [4.69, 9.17) is 9.84 Å². The number of hydrogen-bond donors (Lipinski definition) is 7. The van der Waals surface area contributed by atoms with Crippen molar-refractivity contribution in [3.63, 3.8) is 0 Å². The molecule has 2 rings (SSSR count). The number of phenols is 2. The van der Waals surface area contributed by atoms with Gasteiger partial charge in [0.05, 0.1) is 6.61 Å². The number of rotatable bonds is 4. The molecule has 0 aliphatic carbocycles. The summed E-state index contributed by atoms with van der Waals surface area (Å²) in [7, 11) is 0.